The van der Waals surface area contributed by atoms with Gasteiger partial charge in [-0.1, -0.05) is 43.9 Å². The van der Waals surface area contributed by atoms with Gasteiger partial charge in [0.2, 0.25) is 11.8 Å². The third-order valence-corrected chi connectivity index (χ3v) is 7.63. The molecule has 35 heavy (non-hydrogen) atoms. The zero-order valence-electron chi connectivity index (χ0n) is 20.2. The van der Waals surface area contributed by atoms with Gasteiger partial charge in [-0.3, -0.25) is 9.59 Å². The maximum atomic E-state index is 13.5. The van der Waals surface area contributed by atoms with Gasteiger partial charge in [-0.2, -0.15) is 0 Å². The fourth-order valence-electron chi connectivity index (χ4n) is 4.98. The summed E-state index contributed by atoms with van der Waals surface area (Å²) in [6.45, 7) is 3.72. The Hall–Kier alpha value is -1.91. The van der Waals surface area contributed by atoms with E-state index in [2.05, 4.69) is 34.5 Å². The topological polar surface area (TPSA) is 99.1 Å². The molecule has 2 aliphatic rings. The lowest BCUT2D eigenvalue weighted by atomic mass is 9.86. The number of carbonyl (C=O) groups excluding carboxylic acids is 2. The molecule has 192 valence electrons. The standard InChI is InChI=1S/C27H37IN2O5/c1-2-3-14-25(32)30(20-10-6-4-5-7-11-20)22-17-19(27(34)29-15-16-31)18-24(26(22)33)35-23-13-9-8-12-21(23)28/h2,8-9,12-13,18,20,22,24,26,31,33H,1,3-7,10-11,14-17H2,(H,29,34)/t22-,24+,26+/m1/s1. The lowest BCUT2D eigenvalue weighted by Crippen LogP contribution is -2.58. The van der Waals surface area contributed by atoms with Gasteiger partial charge < -0.3 is 25.2 Å². The first-order valence-corrected chi connectivity index (χ1v) is 13.6. The van der Waals surface area contributed by atoms with E-state index in [0.717, 1.165) is 42.1 Å². The normalized spacial score (nSPS) is 23.1. The minimum absolute atomic E-state index is 0.0202. The quantitative estimate of drug-likeness (QED) is 0.217. The van der Waals surface area contributed by atoms with Gasteiger partial charge in [0.05, 0.1) is 16.2 Å². The van der Waals surface area contributed by atoms with Gasteiger partial charge in [0.25, 0.3) is 0 Å². The number of hydrogen-bond donors (Lipinski definition) is 3. The van der Waals surface area contributed by atoms with Crippen molar-refractivity contribution in [1.29, 1.82) is 0 Å². The Bertz CT molecular complexity index is 897. The molecular formula is C27H37IN2O5. The van der Waals surface area contributed by atoms with Gasteiger partial charge in [0, 0.05) is 31.0 Å². The molecule has 8 heteroatoms. The van der Waals surface area contributed by atoms with Crippen molar-refractivity contribution < 1.29 is 24.5 Å². The number of para-hydroxylation sites is 1. The van der Waals surface area contributed by atoms with E-state index in [9.17, 15) is 14.7 Å². The minimum Gasteiger partial charge on any atom is -0.482 e. The van der Waals surface area contributed by atoms with E-state index in [4.69, 9.17) is 9.84 Å². The molecule has 3 atom stereocenters. The number of amides is 2. The Labute approximate surface area is 221 Å². The van der Waals surface area contributed by atoms with Crippen molar-refractivity contribution in [3.8, 4) is 5.75 Å². The summed E-state index contributed by atoms with van der Waals surface area (Å²) >= 11 is 2.18. The number of rotatable bonds is 10. The van der Waals surface area contributed by atoms with Crippen molar-refractivity contribution in [2.75, 3.05) is 13.2 Å². The highest BCUT2D eigenvalue weighted by Gasteiger charge is 2.42. The molecule has 3 N–H and O–H groups in total. The molecule has 0 unspecified atom stereocenters. The summed E-state index contributed by atoms with van der Waals surface area (Å²) in [5.74, 6) is 0.278. The molecule has 0 spiro atoms. The maximum absolute atomic E-state index is 13.5. The smallest absolute Gasteiger partial charge is 0.247 e. The van der Waals surface area contributed by atoms with E-state index in [0.29, 0.717) is 24.2 Å². The van der Waals surface area contributed by atoms with Crippen molar-refractivity contribution in [2.24, 2.45) is 0 Å². The molecule has 0 bridgehead atoms. The molecule has 7 nitrogen and oxygen atoms in total. The van der Waals surface area contributed by atoms with Crippen LogP contribution in [0.15, 0.2) is 48.6 Å². The number of benzene rings is 1. The van der Waals surface area contributed by atoms with Crippen LogP contribution in [-0.2, 0) is 9.59 Å². The van der Waals surface area contributed by atoms with Gasteiger partial charge in [-0.25, -0.2) is 0 Å². The second kappa shape index (κ2) is 14.0. The van der Waals surface area contributed by atoms with Crippen LogP contribution in [0.5, 0.6) is 5.75 Å². The predicted molar refractivity (Wildman–Crippen MR) is 144 cm³/mol. The zero-order valence-corrected chi connectivity index (χ0v) is 22.4. The monoisotopic (exact) mass is 596 g/mol. The first-order chi connectivity index (χ1) is 17.0. The molecule has 3 rings (SSSR count). The number of allylic oxidation sites excluding steroid dienone is 1. The molecule has 1 saturated carbocycles. The van der Waals surface area contributed by atoms with Crippen LogP contribution in [0.4, 0.5) is 0 Å². The average Bonchev–Trinajstić information content (AvgIpc) is 3.14. The van der Waals surface area contributed by atoms with Gasteiger partial charge in [0.1, 0.15) is 18.0 Å². The third-order valence-electron chi connectivity index (χ3n) is 6.74. The minimum atomic E-state index is -0.990. The fourth-order valence-corrected chi connectivity index (χ4v) is 5.50. The largest absolute Gasteiger partial charge is 0.482 e. The molecule has 0 aromatic heterocycles. The van der Waals surface area contributed by atoms with E-state index in [-0.39, 0.29) is 37.4 Å². The zero-order chi connectivity index (χ0) is 25.2. The van der Waals surface area contributed by atoms with Gasteiger partial charge in [-0.05, 0) is 60.1 Å². The number of halogens is 1. The van der Waals surface area contributed by atoms with E-state index in [1.54, 1.807) is 12.2 Å². The molecule has 1 fully saturated rings. The Morgan fingerprint density at radius 2 is 1.91 bits per heavy atom. The molecule has 0 aliphatic heterocycles. The molecule has 2 aliphatic carbocycles. The molecule has 1 aromatic rings. The van der Waals surface area contributed by atoms with Crippen LogP contribution in [-0.4, -0.2) is 64.4 Å². The third kappa shape index (κ3) is 7.54. The number of carbonyl (C=O) groups is 2. The van der Waals surface area contributed by atoms with Crippen LogP contribution in [0, 0.1) is 3.57 Å². The lowest BCUT2D eigenvalue weighted by Gasteiger charge is -2.44. The highest BCUT2D eigenvalue weighted by atomic mass is 127. The number of aliphatic hydroxyl groups is 2. The van der Waals surface area contributed by atoms with E-state index in [1.165, 1.54) is 0 Å². The molecular weight excluding hydrogens is 559 g/mol. The van der Waals surface area contributed by atoms with Gasteiger partial charge in [-0.15, -0.1) is 6.58 Å². The number of ether oxygens (including phenoxy) is 1. The van der Waals surface area contributed by atoms with Crippen molar-refractivity contribution in [1.82, 2.24) is 10.2 Å². The fraction of sp³-hybridized carbons (Fsp3) is 0.556. The molecule has 0 saturated heterocycles. The van der Waals surface area contributed by atoms with Gasteiger partial charge in [0.15, 0.2) is 0 Å². The number of nitrogens with one attached hydrogen (secondary N) is 1. The summed E-state index contributed by atoms with van der Waals surface area (Å²) in [6, 6.07) is 6.95. The van der Waals surface area contributed by atoms with Crippen LogP contribution < -0.4 is 10.1 Å². The van der Waals surface area contributed by atoms with Crippen LogP contribution in [0.1, 0.15) is 57.8 Å². The lowest BCUT2D eigenvalue weighted by molar-refractivity contribution is -0.142. The maximum Gasteiger partial charge on any atom is 0.247 e. The number of nitrogens with zero attached hydrogens (tertiary/aromatic N) is 1. The first-order valence-electron chi connectivity index (χ1n) is 12.6. The van der Waals surface area contributed by atoms with Crippen molar-refractivity contribution in [2.45, 2.75) is 82.1 Å². The highest BCUT2D eigenvalue weighted by Crippen LogP contribution is 2.33. The Kier molecular flexibility index (Phi) is 11.1. The number of hydrogen-bond acceptors (Lipinski definition) is 5. The Morgan fingerprint density at radius 3 is 2.57 bits per heavy atom. The number of aliphatic hydroxyl groups excluding tert-OH is 2. The first kappa shape index (κ1) is 27.7. The SMILES string of the molecule is C=CCCC(=O)N(C1CCCCCC1)[C@@H]1CC(C(=O)NCCO)=C[C@H](Oc2ccccc2I)[C@H]1O. The molecule has 0 heterocycles. The molecule has 1 aromatic carbocycles. The average molecular weight is 597 g/mol. The van der Waals surface area contributed by atoms with Crippen LogP contribution in [0.2, 0.25) is 0 Å². The summed E-state index contributed by atoms with van der Waals surface area (Å²) < 4.78 is 7.11. The summed E-state index contributed by atoms with van der Waals surface area (Å²) in [5, 5.41) is 23.4. The summed E-state index contributed by atoms with van der Waals surface area (Å²) in [4.78, 5) is 28.3. The van der Waals surface area contributed by atoms with Crippen molar-refractivity contribution in [3.05, 3.63) is 52.1 Å². The van der Waals surface area contributed by atoms with Crippen LogP contribution in [0.25, 0.3) is 0 Å². The van der Waals surface area contributed by atoms with Crippen molar-refractivity contribution >= 4 is 34.4 Å². The van der Waals surface area contributed by atoms with E-state index < -0.39 is 18.2 Å². The molecule has 0 radical (unpaired) electrons. The van der Waals surface area contributed by atoms with Gasteiger partial charge >= 0.3 is 0 Å². The van der Waals surface area contributed by atoms with Crippen LogP contribution >= 0.6 is 22.6 Å². The summed E-state index contributed by atoms with van der Waals surface area (Å²) in [5.41, 5.74) is 0.458. The van der Waals surface area contributed by atoms with E-state index >= 15 is 0 Å². The van der Waals surface area contributed by atoms with E-state index in [1.807, 2.05) is 29.2 Å². The highest BCUT2D eigenvalue weighted by molar-refractivity contribution is 14.1. The Morgan fingerprint density at radius 1 is 1.20 bits per heavy atom. The van der Waals surface area contributed by atoms with Crippen LogP contribution in [0.3, 0.4) is 0 Å². The van der Waals surface area contributed by atoms with Crippen molar-refractivity contribution in [3.63, 3.8) is 0 Å². The predicted octanol–water partition coefficient (Wildman–Crippen LogP) is 3.72. The summed E-state index contributed by atoms with van der Waals surface area (Å²) in [6.07, 6.45) is 8.89. The second-order valence-corrected chi connectivity index (χ2v) is 10.4. The molecule has 2 amide bonds. The second-order valence-electron chi connectivity index (χ2n) is 9.22. The summed E-state index contributed by atoms with van der Waals surface area (Å²) in [7, 11) is 0. The Balaban J connectivity index is 1.96.